The molecule has 0 spiro atoms. The van der Waals surface area contributed by atoms with Gasteiger partial charge < -0.3 is 29.0 Å². The van der Waals surface area contributed by atoms with Gasteiger partial charge in [-0.15, -0.1) is 0 Å². The minimum absolute atomic E-state index is 0.0269. The van der Waals surface area contributed by atoms with Gasteiger partial charge in [-0.25, -0.2) is 4.79 Å². The summed E-state index contributed by atoms with van der Waals surface area (Å²) < 4.78 is 28.4. The fourth-order valence-electron chi connectivity index (χ4n) is 6.16. The largest absolute Gasteiger partial charge is 0.493 e. The lowest BCUT2D eigenvalue weighted by Crippen LogP contribution is -2.36. The van der Waals surface area contributed by atoms with E-state index >= 15 is 0 Å². The van der Waals surface area contributed by atoms with Gasteiger partial charge in [0.1, 0.15) is 0 Å². The molecule has 2 aliphatic rings. The molecule has 3 aromatic carbocycles. The lowest BCUT2D eigenvalue weighted by molar-refractivity contribution is -0.139. The molecule has 0 fully saturated rings. The number of Topliss-reactive ketones (excluding diaryl/α,β-unsaturated/α-hetero) is 1. The van der Waals surface area contributed by atoms with Crippen LogP contribution in [0.4, 0.5) is 0 Å². The summed E-state index contributed by atoms with van der Waals surface area (Å²) >= 11 is 0. The third-order valence-corrected chi connectivity index (χ3v) is 8.38. The smallest absolute Gasteiger partial charge is 0.336 e. The fraction of sp³-hybridized carbons (Fsp3) is 0.351. The first-order chi connectivity index (χ1) is 21.9. The number of hydrogen-bond acceptors (Lipinski definition) is 8. The number of methoxy groups -OCH3 is 3. The van der Waals surface area contributed by atoms with Gasteiger partial charge in [-0.1, -0.05) is 49.4 Å². The number of allylic oxidation sites excluding steroid dienone is 3. The number of hydrogen-bond donors (Lipinski definition) is 1. The molecule has 1 aliphatic heterocycles. The topological polar surface area (TPSA) is 92.3 Å². The average molecular weight is 612 g/mol. The normalized spacial score (nSPS) is 17.8. The molecule has 2 atom stereocenters. The van der Waals surface area contributed by atoms with Crippen LogP contribution < -0.4 is 24.3 Å². The van der Waals surface area contributed by atoms with Crippen LogP contribution in [0.25, 0.3) is 0 Å². The van der Waals surface area contributed by atoms with Crippen molar-refractivity contribution in [2.24, 2.45) is 0 Å². The van der Waals surface area contributed by atoms with E-state index in [9.17, 15) is 9.59 Å². The number of ether oxygens (including phenoxy) is 5. The highest BCUT2D eigenvalue weighted by atomic mass is 16.5. The molecule has 1 N–H and O–H groups in total. The van der Waals surface area contributed by atoms with Crippen LogP contribution in [0.15, 0.2) is 89.3 Å². The van der Waals surface area contributed by atoms with Crippen LogP contribution >= 0.6 is 0 Å². The van der Waals surface area contributed by atoms with Crippen LogP contribution in [0.5, 0.6) is 23.0 Å². The van der Waals surface area contributed by atoms with Gasteiger partial charge in [-0.05, 0) is 66.6 Å². The van der Waals surface area contributed by atoms with Crippen molar-refractivity contribution in [1.82, 2.24) is 5.32 Å². The number of carbonyl (C=O) groups excluding carboxylic acids is 2. The van der Waals surface area contributed by atoms with Crippen molar-refractivity contribution >= 4 is 11.8 Å². The van der Waals surface area contributed by atoms with Crippen molar-refractivity contribution < 1.29 is 33.3 Å². The summed E-state index contributed by atoms with van der Waals surface area (Å²) in [6.45, 7) is 4.68. The molecule has 45 heavy (non-hydrogen) atoms. The van der Waals surface area contributed by atoms with E-state index in [-0.39, 0.29) is 24.7 Å². The Bertz CT molecular complexity index is 1610. The van der Waals surface area contributed by atoms with Crippen molar-refractivity contribution in [2.45, 2.75) is 51.4 Å². The van der Waals surface area contributed by atoms with Gasteiger partial charge in [0.25, 0.3) is 0 Å². The van der Waals surface area contributed by atoms with Crippen molar-refractivity contribution in [3.8, 4) is 23.0 Å². The Morgan fingerprint density at radius 1 is 0.822 bits per heavy atom. The zero-order chi connectivity index (χ0) is 31.9. The van der Waals surface area contributed by atoms with E-state index in [1.807, 2.05) is 80.6 Å². The summed E-state index contributed by atoms with van der Waals surface area (Å²) in [7, 11) is 4.79. The standard InChI is InChI=1S/C37H41NO7/c1-6-17-44-31-15-13-26(22-33(31)43-5)35-34(37(40)45-18-16-24-10-8-7-9-11-24)23(2)38-28-19-27(20-29(39)36(28)35)25-12-14-30(41-3)32(21-25)42-4/h7-15,21-22,27,35,38H,6,16-20H2,1-5H3. The predicted octanol–water partition coefficient (Wildman–Crippen LogP) is 6.65. The summed E-state index contributed by atoms with van der Waals surface area (Å²) in [5.41, 5.74) is 5.29. The predicted molar refractivity (Wildman–Crippen MR) is 172 cm³/mol. The molecule has 5 rings (SSSR count). The zero-order valence-electron chi connectivity index (χ0n) is 26.6. The first-order valence-corrected chi connectivity index (χ1v) is 15.4. The van der Waals surface area contributed by atoms with Crippen LogP contribution in [-0.4, -0.2) is 46.3 Å². The molecule has 8 nitrogen and oxygen atoms in total. The summed E-state index contributed by atoms with van der Waals surface area (Å²) in [5.74, 6) is 1.23. The zero-order valence-corrected chi connectivity index (χ0v) is 26.6. The molecule has 8 heteroatoms. The number of esters is 1. The van der Waals surface area contributed by atoms with Crippen LogP contribution in [0, 0.1) is 0 Å². The summed E-state index contributed by atoms with van der Waals surface area (Å²) in [6, 6.07) is 21.3. The van der Waals surface area contributed by atoms with E-state index in [0.29, 0.717) is 59.3 Å². The van der Waals surface area contributed by atoms with E-state index in [1.165, 1.54) is 0 Å². The molecule has 2 unspecified atom stereocenters. The van der Waals surface area contributed by atoms with Crippen molar-refractivity contribution in [1.29, 1.82) is 0 Å². The highest BCUT2D eigenvalue weighted by Crippen LogP contribution is 2.47. The molecular formula is C37H41NO7. The highest BCUT2D eigenvalue weighted by Gasteiger charge is 2.42. The Kier molecular flexibility index (Phi) is 10.1. The SMILES string of the molecule is CCCOc1ccc(C2C(C(=O)OCCc3ccccc3)=C(C)NC3=C2C(=O)CC(c2ccc(OC)c(OC)c2)C3)cc1OC. The number of ketones is 1. The quantitative estimate of drug-likeness (QED) is 0.228. The maximum Gasteiger partial charge on any atom is 0.336 e. The van der Waals surface area contributed by atoms with E-state index in [0.717, 1.165) is 28.8 Å². The van der Waals surface area contributed by atoms with Gasteiger partial charge in [0.2, 0.25) is 0 Å². The Morgan fingerprint density at radius 2 is 1.49 bits per heavy atom. The van der Waals surface area contributed by atoms with Crippen LogP contribution in [0.1, 0.15) is 61.6 Å². The maximum atomic E-state index is 14.1. The Hall–Kier alpha value is -4.72. The number of benzene rings is 3. The van der Waals surface area contributed by atoms with Gasteiger partial charge in [0.15, 0.2) is 28.8 Å². The molecule has 0 saturated carbocycles. The molecule has 1 aliphatic carbocycles. The highest BCUT2D eigenvalue weighted by molar-refractivity contribution is 6.04. The maximum absolute atomic E-state index is 14.1. The molecule has 1 heterocycles. The number of rotatable bonds is 12. The monoisotopic (exact) mass is 611 g/mol. The summed E-state index contributed by atoms with van der Waals surface area (Å²) in [6.07, 6.45) is 2.33. The van der Waals surface area contributed by atoms with Crippen molar-refractivity contribution in [3.63, 3.8) is 0 Å². The molecule has 0 amide bonds. The van der Waals surface area contributed by atoms with Gasteiger partial charge in [-0.2, -0.15) is 0 Å². The summed E-state index contributed by atoms with van der Waals surface area (Å²) in [4.78, 5) is 27.9. The molecule has 3 aromatic rings. The Morgan fingerprint density at radius 3 is 2.20 bits per heavy atom. The molecular weight excluding hydrogens is 570 g/mol. The van der Waals surface area contributed by atoms with Gasteiger partial charge in [0.05, 0.1) is 40.1 Å². The van der Waals surface area contributed by atoms with Crippen LogP contribution in [0.2, 0.25) is 0 Å². The first-order valence-electron chi connectivity index (χ1n) is 15.4. The average Bonchev–Trinajstić information content (AvgIpc) is 3.06. The Labute approximate surface area is 265 Å². The molecule has 0 aromatic heterocycles. The number of carbonyl (C=O) groups is 2. The minimum atomic E-state index is -0.626. The van der Waals surface area contributed by atoms with Gasteiger partial charge >= 0.3 is 5.97 Å². The molecule has 0 radical (unpaired) electrons. The molecule has 236 valence electrons. The third-order valence-electron chi connectivity index (χ3n) is 8.38. The number of nitrogens with one attached hydrogen (secondary N) is 1. The van der Waals surface area contributed by atoms with E-state index in [1.54, 1.807) is 21.3 Å². The van der Waals surface area contributed by atoms with Crippen LogP contribution in [-0.2, 0) is 20.7 Å². The lowest BCUT2D eigenvalue weighted by atomic mass is 9.71. The van der Waals surface area contributed by atoms with Crippen molar-refractivity contribution in [3.05, 3.63) is 106 Å². The molecule has 0 saturated heterocycles. The number of dihydropyridines is 1. The minimum Gasteiger partial charge on any atom is -0.493 e. The van der Waals surface area contributed by atoms with E-state index < -0.39 is 11.9 Å². The second-order valence-corrected chi connectivity index (χ2v) is 11.3. The van der Waals surface area contributed by atoms with E-state index in [4.69, 9.17) is 23.7 Å². The first kappa shape index (κ1) is 31.7. The fourth-order valence-corrected chi connectivity index (χ4v) is 6.16. The van der Waals surface area contributed by atoms with Crippen LogP contribution in [0.3, 0.4) is 0 Å². The van der Waals surface area contributed by atoms with Gasteiger partial charge in [-0.3, -0.25) is 4.79 Å². The molecule has 0 bridgehead atoms. The van der Waals surface area contributed by atoms with Gasteiger partial charge in [0, 0.05) is 35.7 Å². The second kappa shape index (κ2) is 14.4. The second-order valence-electron chi connectivity index (χ2n) is 11.3. The Balaban J connectivity index is 1.51. The van der Waals surface area contributed by atoms with E-state index in [2.05, 4.69) is 5.32 Å². The lowest BCUT2D eigenvalue weighted by Gasteiger charge is -2.37. The van der Waals surface area contributed by atoms with Crippen molar-refractivity contribution in [2.75, 3.05) is 34.5 Å². The third kappa shape index (κ3) is 6.85. The summed E-state index contributed by atoms with van der Waals surface area (Å²) in [5, 5.41) is 3.43.